The Morgan fingerprint density at radius 2 is 2.04 bits per heavy atom. The minimum absolute atomic E-state index is 0.0469. The highest BCUT2D eigenvalue weighted by atomic mass is 16.5. The van der Waals surface area contributed by atoms with Crippen molar-refractivity contribution in [3.8, 4) is 17.1 Å². The fraction of sp³-hybridized carbons (Fsp3) is 0.222. The molecule has 0 aliphatic rings. The van der Waals surface area contributed by atoms with Gasteiger partial charge in [0.15, 0.2) is 17.3 Å². The van der Waals surface area contributed by atoms with Gasteiger partial charge in [0.2, 0.25) is 0 Å². The van der Waals surface area contributed by atoms with Gasteiger partial charge in [0.1, 0.15) is 6.33 Å². The van der Waals surface area contributed by atoms with Crippen LogP contribution in [0.2, 0.25) is 0 Å². The van der Waals surface area contributed by atoms with E-state index in [9.17, 15) is 4.79 Å². The first-order chi connectivity index (χ1) is 12.0. The van der Waals surface area contributed by atoms with Crippen LogP contribution >= 0.6 is 0 Å². The highest BCUT2D eigenvalue weighted by molar-refractivity contribution is 6.04. The smallest absolute Gasteiger partial charge is 0.278 e. The molecular weight excluding hydrogens is 318 g/mol. The van der Waals surface area contributed by atoms with Crippen molar-refractivity contribution < 1.29 is 9.53 Å². The molecule has 3 aromatic rings. The lowest BCUT2D eigenvalue weighted by Gasteiger charge is -2.13. The number of carbonyl (C=O) groups excluding carboxylic acids is 1. The molecule has 0 atom stereocenters. The third-order valence-electron chi connectivity index (χ3n) is 3.33. The summed E-state index contributed by atoms with van der Waals surface area (Å²) < 4.78 is 7.28. The van der Waals surface area contributed by atoms with E-state index in [4.69, 9.17) is 4.74 Å². The molecule has 128 valence electrons. The van der Waals surface area contributed by atoms with Crippen molar-refractivity contribution in [3.63, 3.8) is 0 Å². The van der Waals surface area contributed by atoms with E-state index in [2.05, 4.69) is 20.4 Å². The molecular formula is C18H19N5O2. The first kappa shape index (κ1) is 16.6. The molecule has 3 rings (SSSR count). The molecule has 0 spiro atoms. The zero-order valence-electron chi connectivity index (χ0n) is 14.3. The van der Waals surface area contributed by atoms with Crippen molar-refractivity contribution in [1.29, 1.82) is 0 Å². The first-order valence-corrected chi connectivity index (χ1v) is 7.92. The Bertz CT molecular complexity index is 888. The Morgan fingerprint density at radius 3 is 2.76 bits per heavy atom. The van der Waals surface area contributed by atoms with Crippen LogP contribution in [-0.2, 0) is 7.05 Å². The highest BCUT2D eigenvalue weighted by Gasteiger charge is 2.15. The van der Waals surface area contributed by atoms with Crippen molar-refractivity contribution in [2.75, 3.05) is 5.32 Å². The van der Waals surface area contributed by atoms with Gasteiger partial charge in [-0.2, -0.15) is 5.10 Å². The first-order valence-electron chi connectivity index (χ1n) is 7.92. The molecule has 0 saturated heterocycles. The zero-order chi connectivity index (χ0) is 17.8. The molecule has 1 aromatic carbocycles. The van der Waals surface area contributed by atoms with Crippen LogP contribution in [-0.4, -0.2) is 31.8 Å². The highest BCUT2D eigenvalue weighted by Crippen LogP contribution is 2.22. The number of hydrogen-bond acceptors (Lipinski definition) is 5. The second kappa shape index (κ2) is 7.12. The molecule has 1 N–H and O–H groups in total. The van der Waals surface area contributed by atoms with E-state index in [1.165, 1.54) is 0 Å². The van der Waals surface area contributed by atoms with Gasteiger partial charge in [0.05, 0.1) is 6.10 Å². The van der Waals surface area contributed by atoms with E-state index in [1.807, 2.05) is 32.0 Å². The van der Waals surface area contributed by atoms with Gasteiger partial charge in [-0.25, -0.2) is 9.97 Å². The minimum atomic E-state index is -0.331. The number of nitrogens with zero attached hydrogens (tertiary/aromatic N) is 4. The summed E-state index contributed by atoms with van der Waals surface area (Å²) in [5.41, 5.74) is 1.70. The fourth-order valence-electron chi connectivity index (χ4n) is 2.31. The Labute approximate surface area is 145 Å². The van der Waals surface area contributed by atoms with Gasteiger partial charge in [0, 0.05) is 24.5 Å². The van der Waals surface area contributed by atoms with Gasteiger partial charge in [-0.1, -0.05) is 12.1 Å². The van der Waals surface area contributed by atoms with Crippen molar-refractivity contribution >= 4 is 11.6 Å². The molecule has 0 aliphatic heterocycles. The number of aromatic nitrogens is 4. The molecule has 2 heterocycles. The maximum Gasteiger partial charge on any atom is 0.278 e. The third kappa shape index (κ3) is 4.00. The molecule has 0 aliphatic carbocycles. The third-order valence-corrected chi connectivity index (χ3v) is 3.33. The van der Waals surface area contributed by atoms with Crippen LogP contribution in [0.25, 0.3) is 11.4 Å². The number of rotatable bonds is 5. The van der Waals surface area contributed by atoms with Gasteiger partial charge in [-0.05, 0) is 38.1 Å². The number of anilines is 1. The monoisotopic (exact) mass is 337 g/mol. The molecule has 7 heteroatoms. The van der Waals surface area contributed by atoms with E-state index in [-0.39, 0.29) is 17.7 Å². The number of benzene rings is 1. The van der Waals surface area contributed by atoms with Gasteiger partial charge in [-0.3, -0.25) is 9.48 Å². The fourth-order valence-corrected chi connectivity index (χ4v) is 2.31. The summed E-state index contributed by atoms with van der Waals surface area (Å²) in [6, 6.07) is 10.8. The molecule has 7 nitrogen and oxygen atoms in total. The molecule has 2 aromatic heterocycles. The number of ether oxygens (including phenoxy) is 1. The Morgan fingerprint density at radius 1 is 1.20 bits per heavy atom. The van der Waals surface area contributed by atoms with Crippen LogP contribution in [0.15, 0.2) is 48.9 Å². The van der Waals surface area contributed by atoms with Crippen LogP contribution in [0.4, 0.5) is 5.69 Å². The standard InChI is InChI=1S/C18H19N5O2/c1-12(2)25-15-8-5-9-19-16(15)18(24)21-14-7-4-6-13(10-14)17-20-11-23(3)22-17/h4-12H,1-3H3,(H,21,24). The lowest BCUT2D eigenvalue weighted by molar-refractivity contribution is 0.101. The maximum absolute atomic E-state index is 12.6. The van der Waals surface area contributed by atoms with Gasteiger partial charge < -0.3 is 10.1 Å². The summed E-state index contributed by atoms with van der Waals surface area (Å²) in [6.07, 6.45) is 3.15. The number of nitrogens with one attached hydrogen (secondary N) is 1. The summed E-state index contributed by atoms with van der Waals surface area (Å²) in [7, 11) is 1.81. The van der Waals surface area contributed by atoms with Crippen LogP contribution in [0.1, 0.15) is 24.3 Å². The molecule has 1 amide bonds. The SMILES string of the molecule is CC(C)Oc1cccnc1C(=O)Nc1cccc(-c2ncn(C)n2)c1. The quantitative estimate of drug-likeness (QED) is 0.774. The largest absolute Gasteiger partial charge is 0.489 e. The van der Waals surface area contributed by atoms with Gasteiger partial charge in [0.25, 0.3) is 5.91 Å². The predicted molar refractivity (Wildman–Crippen MR) is 94.4 cm³/mol. The molecule has 0 unspecified atom stereocenters. The van der Waals surface area contributed by atoms with E-state index >= 15 is 0 Å². The number of carbonyl (C=O) groups is 1. The average molecular weight is 337 g/mol. The lowest BCUT2D eigenvalue weighted by Crippen LogP contribution is -2.17. The lowest BCUT2D eigenvalue weighted by atomic mass is 10.2. The molecule has 0 fully saturated rings. The number of pyridine rings is 1. The second-order valence-corrected chi connectivity index (χ2v) is 5.79. The Hall–Kier alpha value is -3.22. The van der Waals surface area contributed by atoms with E-state index in [1.54, 1.807) is 42.5 Å². The Balaban J connectivity index is 1.82. The maximum atomic E-state index is 12.6. The summed E-state index contributed by atoms with van der Waals surface area (Å²) in [5.74, 6) is 0.722. The van der Waals surface area contributed by atoms with Crippen LogP contribution in [0, 0.1) is 0 Å². The van der Waals surface area contributed by atoms with Crippen molar-refractivity contribution in [2.24, 2.45) is 7.05 Å². The van der Waals surface area contributed by atoms with E-state index < -0.39 is 0 Å². The average Bonchev–Trinajstić information content (AvgIpc) is 3.01. The number of amides is 1. The molecule has 0 bridgehead atoms. The second-order valence-electron chi connectivity index (χ2n) is 5.79. The van der Waals surface area contributed by atoms with Crippen LogP contribution in [0.5, 0.6) is 5.75 Å². The van der Waals surface area contributed by atoms with Crippen LogP contribution in [0.3, 0.4) is 0 Å². The minimum Gasteiger partial charge on any atom is -0.489 e. The van der Waals surface area contributed by atoms with Crippen molar-refractivity contribution in [1.82, 2.24) is 19.7 Å². The van der Waals surface area contributed by atoms with Gasteiger partial charge in [-0.15, -0.1) is 0 Å². The van der Waals surface area contributed by atoms with Gasteiger partial charge >= 0.3 is 0 Å². The topological polar surface area (TPSA) is 81.9 Å². The summed E-state index contributed by atoms with van der Waals surface area (Å²) >= 11 is 0. The van der Waals surface area contributed by atoms with Crippen molar-refractivity contribution in [3.05, 3.63) is 54.6 Å². The molecule has 25 heavy (non-hydrogen) atoms. The number of aryl methyl sites for hydroxylation is 1. The van der Waals surface area contributed by atoms with E-state index in [0.717, 1.165) is 5.56 Å². The van der Waals surface area contributed by atoms with E-state index in [0.29, 0.717) is 17.3 Å². The number of hydrogen-bond donors (Lipinski definition) is 1. The molecule has 0 saturated carbocycles. The predicted octanol–water partition coefficient (Wildman–Crippen LogP) is 2.92. The van der Waals surface area contributed by atoms with Crippen molar-refractivity contribution in [2.45, 2.75) is 20.0 Å². The normalized spacial score (nSPS) is 10.7. The van der Waals surface area contributed by atoms with Crippen LogP contribution < -0.4 is 10.1 Å². The summed E-state index contributed by atoms with van der Waals surface area (Å²) in [4.78, 5) is 20.9. The molecule has 0 radical (unpaired) electrons. The summed E-state index contributed by atoms with van der Waals surface area (Å²) in [5, 5.41) is 7.11. The zero-order valence-corrected chi connectivity index (χ0v) is 14.3. The Kier molecular flexibility index (Phi) is 4.74. The summed E-state index contributed by atoms with van der Waals surface area (Å²) in [6.45, 7) is 3.80.